The van der Waals surface area contributed by atoms with Crippen molar-refractivity contribution in [2.24, 2.45) is 0 Å². The molecule has 2 aromatic carbocycles. The molecular weight excluding hydrogens is 344 g/mol. The van der Waals surface area contributed by atoms with E-state index in [9.17, 15) is 4.79 Å². The Kier molecular flexibility index (Phi) is 4.57. The summed E-state index contributed by atoms with van der Waals surface area (Å²) in [6.07, 6.45) is 0. The maximum atomic E-state index is 12.5. The second-order valence-electron chi connectivity index (χ2n) is 6.05. The average molecular weight is 362 g/mol. The van der Waals surface area contributed by atoms with Crippen LogP contribution in [0.1, 0.15) is 21.9 Å². The molecule has 0 atom stereocenters. The number of para-hydroxylation sites is 1. The number of hydrogen-bond donors (Lipinski definition) is 2. The Morgan fingerprint density at radius 1 is 1.04 bits per heavy atom. The van der Waals surface area contributed by atoms with Crippen LogP contribution in [0.3, 0.4) is 0 Å². The van der Waals surface area contributed by atoms with Crippen molar-refractivity contribution in [3.8, 4) is 11.5 Å². The highest BCUT2D eigenvalue weighted by Crippen LogP contribution is 2.32. The Morgan fingerprint density at radius 3 is 2.70 bits per heavy atom. The molecular formula is C20H18N4O3. The number of nitrogens with zero attached hydrogens (tertiary/aromatic N) is 2. The van der Waals surface area contributed by atoms with Gasteiger partial charge < -0.3 is 20.1 Å². The Labute approximate surface area is 156 Å². The van der Waals surface area contributed by atoms with Crippen LogP contribution in [0.2, 0.25) is 0 Å². The molecule has 1 aliphatic rings. The molecule has 1 aromatic heterocycles. The highest BCUT2D eigenvalue weighted by molar-refractivity contribution is 6.03. The summed E-state index contributed by atoms with van der Waals surface area (Å²) in [6, 6.07) is 16.7. The largest absolute Gasteiger partial charge is 0.454 e. The number of rotatable bonds is 5. The average Bonchev–Trinajstić information content (AvgIpc) is 3.14. The minimum atomic E-state index is -0.280. The van der Waals surface area contributed by atoms with Crippen LogP contribution in [0.4, 0.5) is 11.5 Å². The molecule has 7 nitrogen and oxygen atoms in total. The molecule has 1 aliphatic heterocycles. The topological polar surface area (TPSA) is 85.4 Å². The van der Waals surface area contributed by atoms with Crippen LogP contribution in [-0.4, -0.2) is 22.7 Å². The zero-order valence-corrected chi connectivity index (χ0v) is 14.7. The number of ether oxygens (including phenoxy) is 2. The number of aryl methyl sites for hydroxylation is 1. The van der Waals surface area contributed by atoms with Crippen LogP contribution < -0.4 is 20.1 Å². The molecule has 136 valence electrons. The van der Waals surface area contributed by atoms with E-state index < -0.39 is 0 Å². The lowest BCUT2D eigenvalue weighted by Gasteiger charge is -2.10. The molecule has 2 N–H and O–H groups in total. The number of carbonyl (C=O) groups is 1. The van der Waals surface area contributed by atoms with Gasteiger partial charge in [0.25, 0.3) is 5.91 Å². The molecule has 0 saturated carbocycles. The molecule has 0 fully saturated rings. The van der Waals surface area contributed by atoms with Gasteiger partial charge in [0, 0.05) is 18.3 Å². The minimum Gasteiger partial charge on any atom is -0.454 e. The van der Waals surface area contributed by atoms with Crippen LogP contribution in [0, 0.1) is 6.92 Å². The van der Waals surface area contributed by atoms with E-state index in [4.69, 9.17) is 9.47 Å². The van der Waals surface area contributed by atoms with Gasteiger partial charge >= 0.3 is 0 Å². The number of nitrogens with one attached hydrogen (secondary N) is 2. The monoisotopic (exact) mass is 362 g/mol. The number of carbonyl (C=O) groups excluding carboxylic acids is 1. The summed E-state index contributed by atoms with van der Waals surface area (Å²) in [6.45, 7) is 2.54. The predicted molar refractivity (Wildman–Crippen MR) is 101 cm³/mol. The Morgan fingerprint density at radius 2 is 1.85 bits per heavy atom. The third kappa shape index (κ3) is 3.98. The van der Waals surface area contributed by atoms with Crippen molar-refractivity contribution >= 4 is 17.4 Å². The van der Waals surface area contributed by atoms with Crippen molar-refractivity contribution in [3.05, 3.63) is 71.7 Å². The number of aromatic nitrogens is 2. The number of anilines is 2. The fourth-order valence-corrected chi connectivity index (χ4v) is 2.73. The SMILES string of the molecule is Cc1nc(NCc2ccc3c(c2)OCO3)cc(C(=O)Nc2ccccc2)n1. The van der Waals surface area contributed by atoms with E-state index in [1.807, 2.05) is 48.5 Å². The van der Waals surface area contributed by atoms with E-state index in [2.05, 4.69) is 20.6 Å². The first-order valence-corrected chi connectivity index (χ1v) is 8.52. The fourth-order valence-electron chi connectivity index (χ4n) is 2.73. The van der Waals surface area contributed by atoms with Crippen molar-refractivity contribution in [2.45, 2.75) is 13.5 Å². The van der Waals surface area contributed by atoms with Gasteiger partial charge in [-0.05, 0) is 36.8 Å². The van der Waals surface area contributed by atoms with Gasteiger partial charge in [0.2, 0.25) is 6.79 Å². The zero-order valence-electron chi connectivity index (χ0n) is 14.7. The summed E-state index contributed by atoms with van der Waals surface area (Å²) >= 11 is 0. The first-order valence-electron chi connectivity index (χ1n) is 8.52. The Hall–Kier alpha value is -3.61. The summed E-state index contributed by atoms with van der Waals surface area (Å²) in [5.74, 6) is 2.30. The summed E-state index contributed by atoms with van der Waals surface area (Å²) in [4.78, 5) is 21.0. The predicted octanol–water partition coefficient (Wildman–Crippen LogP) is 3.38. The molecule has 4 rings (SSSR count). The van der Waals surface area contributed by atoms with Gasteiger partial charge in [0.1, 0.15) is 17.3 Å². The van der Waals surface area contributed by atoms with E-state index in [1.54, 1.807) is 13.0 Å². The van der Waals surface area contributed by atoms with Gasteiger partial charge in [-0.2, -0.15) is 0 Å². The van der Waals surface area contributed by atoms with Crippen LogP contribution in [-0.2, 0) is 6.54 Å². The van der Waals surface area contributed by atoms with Crippen LogP contribution in [0.25, 0.3) is 0 Å². The van der Waals surface area contributed by atoms with Gasteiger partial charge in [-0.3, -0.25) is 4.79 Å². The number of benzene rings is 2. The van der Waals surface area contributed by atoms with Crippen LogP contribution >= 0.6 is 0 Å². The van der Waals surface area contributed by atoms with E-state index in [-0.39, 0.29) is 12.7 Å². The number of fused-ring (bicyclic) bond motifs is 1. The minimum absolute atomic E-state index is 0.247. The molecule has 0 saturated heterocycles. The van der Waals surface area contributed by atoms with Crippen LogP contribution in [0.15, 0.2) is 54.6 Å². The molecule has 1 amide bonds. The van der Waals surface area contributed by atoms with E-state index in [1.165, 1.54) is 0 Å². The smallest absolute Gasteiger partial charge is 0.274 e. The summed E-state index contributed by atoms with van der Waals surface area (Å²) in [5, 5.41) is 6.05. The highest BCUT2D eigenvalue weighted by Gasteiger charge is 2.14. The number of hydrogen-bond acceptors (Lipinski definition) is 6. The normalized spacial score (nSPS) is 11.9. The molecule has 2 heterocycles. The fraction of sp³-hybridized carbons (Fsp3) is 0.150. The second-order valence-corrected chi connectivity index (χ2v) is 6.05. The van der Waals surface area contributed by atoms with Crippen molar-refractivity contribution in [2.75, 3.05) is 17.4 Å². The molecule has 0 bridgehead atoms. The van der Waals surface area contributed by atoms with Crippen molar-refractivity contribution in [3.63, 3.8) is 0 Å². The molecule has 0 aliphatic carbocycles. The lowest BCUT2D eigenvalue weighted by atomic mass is 10.2. The van der Waals surface area contributed by atoms with E-state index in [0.717, 1.165) is 17.1 Å². The zero-order chi connectivity index (χ0) is 18.6. The van der Waals surface area contributed by atoms with E-state index >= 15 is 0 Å². The van der Waals surface area contributed by atoms with E-state index in [0.29, 0.717) is 29.6 Å². The van der Waals surface area contributed by atoms with Crippen molar-refractivity contribution in [1.29, 1.82) is 0 Å². The molecule has 3 aromatic rings. The standard InChI is InChI=1S/C20H18N4O3/c1-13-22-16(20(25)24-15-5-3-2-4-6-15)10-19(23-13)21-11-14-7-8-17-18(9-14)27-12-26-17/h2-10H,11-12H2,1H3,(H,24,25)(H,21,22,23). The Bertz CT molecular complexity index is 976. The number of amides is 1. The third-order valence-corrected chi connectivity index (χ3v) is 4.01. The third-order valence-electron chi connectivity index (χ3n) is 4.01. The van der Waals surface area contributed by atoms with Crippen molar-refractivity contribution < 1.29 is 14.3 Å². The highest BCUT2D eigenvalue weighted by atomic mass is 16.7. The summed E-state index contributed by atoms with van der Waals surface area (Å²) in [5.41, 5.74) is 2.04. The summed E-state index contributed by atoms with van der Waals surface area (Å²) < 4.78 is 10.7. The lowest BCUT2D eigenvalue weighted by Crippen LogP contribution is -2.15. The molecule has 27 heavy (non-hydrogen) atoms. The van der Waals surface area contributed by atoms with Gasteiger partial charge in [-0.25, -0.2) is 9.97 Å². The van der Waals surface area contributed by atoms with Gasteiger partial charge in [-0.15, -0.1) is 0 Å². The molecule has 0 radical (unpaired) electrons. The van der Waals surface area contributed by atoms with Crippen LogP contribution in [0.5, 0.6) is 11.5 Å². The maximum absolute atomic E-state index is 12.5. The maximum Gasteiger partial charge on any atom is 0.274 e. The van der Waals surface area contributed by atoms with Crippen molar-refractivity contribution in [1.82, 2.24) is 9.97 Å². The second kappa shape index (κ2) is 7.33. The molecule has 7 heteroatoms. The molecule has 0 spiro atoms. The first kappa shape index (κ1) is 16.8. The summed E-state index contributed by atoms with van der Waals surface area (Å²) in [7, 11) is 0. The lowest BCUT2D eigenvalue weighted by molar-refractivity contribution is 0.102. The first-order chi connectivity index (χ1) is 13.2. The van der Waals surface area contributed by atoms with Gasteiger partial charge in [0.15, 0.2) is 11.5 Å². The quantitative estimate of drug-likeness (QED) is 0.724. The molecule has 0 unspecified atom stereocenters. The Balaban J connectivity index is 1.46. The van der Waals surface area contributed by atoms with Gasteiger partial charge in [0.05, 0.1) is 0 Å². The van der Waals surface area contributed by atoms with Gasteiger partial charge in [-0.1, -0.05) is 24.3 Å².